The number of amides is 1. The van der Waals surface area contributed by atoms with Gasteiger partial charge in [-0.25, -0.2) is 0 Å². The molecule has 3 aromatic rings. The number of nitrogens with zero attached hydrogens (tertiary/aromatic N) is 2. The number of aryl methyl sites for hydroxylation is 1. The van der Waals surface area contributed by atoms with Gasteiger partial charge in [-0.05, 0) is 73.0 Å². The van der Waals surface area contributed by atoms with E-state index in [-0.39, 0.29) is 17.9 Å². The third-order valence-corrected chi connectivity index (χ3v) is 6.53. The maximum Gasteiger partial charge on any atom is 0.295 e. The first-order valence-corrected chi connectivity index (χ1v) is 12.2. The van der Waals surface area contributed by atoms with Crippen LogP contribution in [0.5, 0.6) is 11.5 Å². The van der Waals surface area contributed by atoms with E-state index in [4.69, 9.17) is 9.47 Å². The molecule has 1 heterocycles. The Kier molecular flexibility index (Phi) is 7.53. The van der Waals surface area contributed by atoms with Crippen LogP contribution in [0, 0.1) is 6.92 Å². The maximum atomic E-state index is 13.4. The minimum absolute atomic E-state index is 0.0691. The van der Waals surface area contributed by atoms with Crippen LogP contribution in [0.15, 0.2) is 72.3 Å². The molecular weight excluding hydrogens is 468 g/mol. The highest BCUT2D eigenvalue weighted by Crippen LogP contribution is 2.41. The molecule has 1 N–H and O–H groups in total. The van der Waals surface area contributed by atoms with Gasteiger partial charge in [0.2, 0.25) is 0 Å². The molecular formula is C30H32N2O5. The van der Waals surface area contributed by atoms with E-state index in [1.807, 2.05) is 81.4 Å². The predicted molar refractivity (Wildman–Crippen MR) is 144 cm³/mol. The molecule has 0 aliphatic carbocycles. The Labute approximate surface area is 217 Å². The van der Waals surface area contributed by atoms with Gasteiger partial charge in [0, 0.05) is 31.9 Å². The number of Topliss-reactive ketones (excluding diaryl/α,β-unsaturated/α-hetero) is 1. The Bertz CT molecular complexity index is 1330. The van der Waals surface area contributed by atoms with E-state index >= 15 is 0 Å². The normalized spacial score (nSPS) is 16.7. The van der Waals surface area contributed by atoms with Crippen molar-refractivity contribution in [1.29, 1.82) is 0 Å². The van der Waals surface area contributed by atoms with Gasteiger partial charge in [-0.1, -0.05) is 24.3 Å². The van der Waals surface area contributed by atoms with Crippen molar-refractivity contribution in [3.8, 4) is 11.5 Å². The molecule has 0 radical (unpaired) electrons. The second-order valence-electron chi connectivity index (χ2n) is 9.17. The quantitative estimate of drug-likeness (QED) is 0.264. The molecule has 4 rings (SSSR count). The topological polar surface area (TPSA) is 79.3 Å². The molecule has 1 unspecified atom stereocenters. The summed E-state index contributed by atoms with van der Waals surface area (Å²) in [6.07, 6.45) is 0. The van der Waals surface area contributed by atoms with Crippen LogP contribution in [0.4, 0.5) is 5.69 Å². The van der Waals surface area contributed by atoms with Gasteiger partial charge in [0.05, 0.1) is 25.3 Å². The summed E-state index contributed by atoms with van der Waals surface area (Å²) < 4.78 is 10.9. The highest BCUT2D eigenvalue weighted by atomic mass is 16.5. The van der Waals surface area contributed by atoms with Gasteiger partial charge in [0.15, 0.2) is 0 Å². The van der Waals surface area contributed by atoms with Crippen LogP contribution in [0.2, 0.25) is 0 Å². The number of ketones is 1. The molecule has 1 aliphatic heterocycles. The molecule has 37 heavy (non-hydrogen) atoms. The van der Waals surface area contributed by atoms with E-state index in [9.17, 15) is 14.7 Å². The molecule has 0 bridgehead atoms. The Balaban J connectivity index is 1.82. The van der Waals surface area contributed by atoms with Crippen molar-refractivity contribution in [3.05, 3.63) is 94.6 Å². The van der Waals surface area contributed by atoms with Crippen LogP contribution >= 0.6 is 0 Å². The fourth-order valence-corrected chi connectivity index (χ4v) is 4.54. The number of carbonyl (C=O) groups excluding carboxylic acids is 2. The molecule has 192 valence electrons. The van der Waals surface area contributed by atoms with E-state index in [2.05, 4.69) is 0 Å². The van der Waals surface area contributed by atoms with Gasteiger partial charge in [0.1, 0.15) is 17.3 Å². The zero-order valence-corrected chi connectivity index (χ0v) is 21.8. The lowest BCUT2D eigenvalue weighted by Gasteiger charge is -2.26. The lowest BCUT2D eigenvalue weighted by Crippen LogP contribution is -2.29. The third kappa shape index (κ3) is 5.16. The first-order valence-electron chi connectivity index (χ1n) is 12.2. The van der Waals surface area contributed by atoms with Crippen LogP contribution in [-0.2, 0) is 16.1 Å². The number of methoxy groups -OCH3 is 1. The minimum Gasteiger partial charge on any atom is -0.507 e. The Morgan fingerprint density at radius 2 is 1.68 bits per heavy atom. The SMILES string of the molecule is CCOc1ccc(/C(O)=C2/C(=O)C(=O)N(Cc3ccc(OC)cc3)C2c2ccc(N(C)C)cc2)cc1C. The van der Waals surface area contributed by atoms with Crippen molar-refractivity contribution in [1.82, 2.24) is 4.90 Å². The lowest BCUT2D eigenvalue weighted by molar-refractivity contribution is -0.140. The number of hydrogen-bond acceptors (Lipinski definition) is 6. The summed E-state index contributed by atoms with van der Waals surface area (Å²) in [5.74, 6) is -0.160. The first-order chi connectivity index (χ1) is 17.7. The highest BCUT2D eigenvalue weighted by molar-refractivity contribution is 6.46. The van der Waals surface area contributed by atoms with Crippen LogP contribution in [0.1, 0.15) is 35.2 Å². The molecule has 3 aromatic carbocycles. The van der Waals surface area contributed by atoms with E-state index in [0.29, 0.717) is 23.7 Å². The average Bonchev–Trinajstić information content (AvgIpc) is 3.15. The third-order valence-electron chi connectivity index (χ3n) is 6.53. The lowest BCUT2D eigenvalue weighted by atomic mass is 9.94. The molecule has 1 fully saturated rings. The zero-order chi connectivity index (χ0) is 26.7. The first kappa shape index (κ1) is 25.8. The standard InChI is InChI=1S/C30H32N2O5/c1-6-37-25-16-11-22(17-19(25)2)28(33)26-27(21-9-12-23(13-10-21)31(3)4)32(30(35)29(26)34)18-20-7-14-24(36-5)15-8-20/h7-17,27,33H,6,18H2,1-5H3/b28-26-. The molecule has 1 aliphatic rings. The maximum absolute atomic E-state index is 13.4. The number of carbonyl (C=O) groups is 2. The monoisotopic (exact) mass is 500 g/mol. The fraction of sp³-hybridized carbons (Fsp3) is 0.267. The fourth-order valence-electron chi connectivity index (χ4n) is 4.54. The van der Waals surface area contributed by atoms with E-state index in [1.165, 1.54) is 4.90 Å². The molecule has 1 amide bonds. The molecule has 0 spiro atoms. The van der Waals surface area contributed by atoms with E-state index in [0.717, 1.165) is 22.4 Å². The van der Waals surface area contributed by atoms with E-state index < -0.39 is 17.7 Å². The van der Waals surface area contributed by atoms with Crippen molar-refractivity contribution in [3.63, 3.8) is 0 Å². The van der Waals surface area contributed by atoms with Gasteiger partial charge >= 0.3 is 0 Å². The van der Waals surface area contributed by atoms with Crippen molar-refractivity contribution in [2.24, 2.45) is 0 Å². The van der Waals surface area contributed by atoms with Gasteiger partial charge in [0.25, 0.3) is 11.7 Å². The zero-order valence-electron chi connectivity index (χ0n) is 21.8. The molecule has 1 saturated heterocycles. The van der Waals surface area contributed by atoms with Crippen molar-refractivity contribution >= 4 is 23.1 Å². The van der Waals surface area contributed by atoms with Crippen LogP contribution in [0.3, 0.4) is 0 Å². The second-order valence-corrected chi connectivity index (χ2v) is 9.17. The van der Waals surface area contributed by atoms with E-state index in [1.54, 1.807) is 25.3 Å². The number of anilines is 1. The van der Waals surface area contributed by atoms with Crippen molar-refractivity contribution in [2.75, 3.05) is 32.7 Å². The number of likely N-dealkylation sites (tertiary alicyclic amines) is 1. The molecule has 1 atom stereocenters. The van der Waals surface area contributed by atoms with Crippen molar-refractivity contribution in [2.45, 2.75) is 26.4 Å². The van der Waals surface area contributed by atoms with Crippen molar-refractivity contribution < 1.29 is 24.2 Å². The summed E-state index contributed by atoms with van der Waals surface area (Å²) in [6, 6.07) is 19.5. The van der Waals surface area contributed by atoms with Gasteiger partial charge in [-0.3, -0.25) is 9.59 Å². The second kappa shape index (κ2) is 10.8. The number of aliphatic hydroxyl groups is 1. The number of ether oxygens (including phenoxy) is 2. The average molecular weight is 501 g/mol. The number of benzene rings is 3. The van der Waals surface area contributed by atoms with Crippen LogP contribution in [0.25, 0.3) is 5.76 Å². The largest absolute Gasteiger partial charge is 0.507 e. The summed E-state index contributed by atoms with van der Waals surface area (Å²) in [5, 5.41) is 11.4. The van der Waals surface area contributed by atoms with Crippen LogP contribution < -0.4 is 14.4 Å². The molecule has 7 heteroatoms. The summed E-state index contributed by atoms with van der Waals surface area (Å²) in [5.41, 5.74) is 3.92. The highest BCUT2D eigenvalue weighted by Gasteiger charge is 2.46. The molecule has 0 saturated carbocycles. The number of hydrogen-bond donors (Lipinski definition) is 1. The smallest absolute Gasteiger partial charge is 0.295 e. The number of rotatable bonds is 8. The summed E-state index contributed by atoms with van der Waals surface area (Å²) in [7, 11) is 5.48. The Morgan fingerprint density at radius 3 is 2.24 bits per heavy atom. The Hall–Kier alpha value is -4.26. The van der Waals surface area contributed by atoms with Gasteiger partial charge < -0.3 is 24.4 Å². The molecule has 0 aromatic heterocycles. The van der Waals surface area contributed by atoms with Gasteiger partial charge in [-0.15, -0.1) is 0 Å². The summed E-state index contributed by atoms with van der Waals surface area (Å²) in [6.45, 7) is 4.50. The summed E-state index contributed by atoms with van der Waals surface area (Å²) in [4.78, 5) is 30.2. The number of aliphatic hydroxyl groups excluding tert-OH is 1. The molecule has 7 nitrogen and oxygen atoms in total. The minimum atomic E-state index is -0.745. The predicted octanol–water partition coefficient (Wildman–Crippen LogP) is 5.09. The van der Waals surface area contributed by atoms with Crippen LogP contribution in [-0.4, -0.2) is 49.5 Å². The Morgan fingerprint density at radius 1 is 1.00 bits per heavy atom. The summed E-state index contributed by atoms with van der Waals surface area (Å²) >= 11 is 0. The van der Waals surface area contributed by atoms with Gasteiger partial charge in [-0.2, -0.15) is 0 Å².